The van der Waals surface area contributed by atoms with Gasteiger partial charge in [-0.2, -0.15) is 0 Å². The van der Waals surface area contributed by atoms with E-state index in [9.17, 15) is 14.9 Å². The molecule has 1 atom stereocenters. The van der Waals surface area contributed by atoms with Crippen LogP contribution >= 0.6 is 11.6 Å². The topological polar surface area (TPSA) is 110 Å². The highest BCUT2D eigenvalue weighted by atomic mass is 35.5. The van der Waals surface area contributed by atoms with Crippen molar-refractivity contribution in [2.75, 3.05) is 30.4 Å². The second kappa shape index (κ2) is 9.83. The Morgan fingerprint density at radius 1 is 1.21 bits per heavy atom. The zero-order chi connectivity index (χ0) is 23.4. The smallest absolute Gasteiger partial charge is 0.289 e. The Kier molecular flexibility index (Phi) is 6.69. The van der Waals surface area contributed by atoms with E-state index in [1.165, 1.54) is 18.5 Å². The Morgan fingerprint density at radius 3 is 2.73 bits per heavy atom. The second-order valence-electron chi connectivity index (χ2n) is 7.69. The molecule has 0 saturated carbocycles. The summed E-state index contributed by atoms with van der Waals surface area (Å²) in [6.07, 6.45) is 3.06. The summed E-state index contributed by atoms with van der Waals surface area (Å²) < 4.78 is 5.21. The highest BCUT2D eigenvalue weighted by Gasteiger charge is 2.27. The Labute approximate surface area is 195 Å². The average Bonchev–Trinajstić information content (AvgIpc) is 2.85. The highest BCUT2D eigenvalue weighted by Crippen LogP contribution is 2.29. The molecule has 3 aromatic rings. The average molecular weight is 468 g/mol. The molecule has 1 amide bonds. The first-order valence-electron chi connectivity index (χ1n) is 10.4. The predicted octanol–water partition coefficient (Wildman–Crippen LogP) is 4.57. The van der Waals surface area contributed by atoms with E-state index in [4.69, 9.17) is 16.3 Å². The number of hydrogen-bond donors (Lipinski definition) is 1. The number of nitrogens with one attached hydrogen (secondary N) is 1. The quantitative estimate of drug-likeness (QED) is 0.417. The van der Waals surface area contributed by atoms with Gasteiger partial charge in [-0.15, -0.1) is 0 Å². The SMILES string of the molecule is COc1ccc(-c2cc(N3CCCC(C(=O)Nc4ccc(Cl)c([N+](=O)[O-])c4)C3)ncn2)cc1. The first-order chi connectivity index (χ1) is 15.9. The standard InChI is InChI=1S/C23H22ClN5O4/c1-33-18-7-4-15(5-8-18)20-12-22(26-14-25-20)28-10-2-3-16(13-28)23(30)27-17-6-9-19(24)21(11-17)29(31)32/h4-9,11-12,14,16H,2-3,10,13H2,1H3,(H,27,30). The Morgan fingerprint density at radius 2 is 2.00 bits per heavy atom. The normalized spacial score (nSPS) is 15.7. The number of piperidine rings is 1. The third-order valence-electron chi connectivity index (χ3n) is 5.56. The maximum absolute atomic E-state index is 12.9. The van der Waals surface area contributed by atoms with Crippen molar-refractivity contribution in [3.63, 3.8) is 0 Å². The molecule has 0 radical (unpaired) electrons. The van der Waals surface area contributed by atoms with Gasteiger partial charge in [-0.05, 0) is 49.2 Å². The monoisotopic (exact) mass is 467 g/mol. The van der Waals surface area contributed by atoms with Crippen LogP contribution in [0.5, 0.6) is 5.75 Å². The van der Waals surface area contributed by atoms with Gasteiger partial charge in [0.1, 0.15) is 22.9 Å². The molecule has 33 heavy (non-hydrogen) atoms. The van der Waals surface area contributed by atoms with Gasteiger partial charge in [0.25, 0.3) is 5.69 Å². The highest BCUT2D eigenvalue weighted by molar-refractivity contribution is 6.32. The summed E-state index contributed by atoms with van der Waals surface area (Å²) >= 11 is 5.86. The van der Waals surface area contributed by atoms with Crippen molar-refractivity contribution < 1.29 is 14.5 Å². The van der Waals surface area contributed by atoms with Crippen LogP contribution in [0.4, 0.5) is 17.2 Å². The summed E-state index contributed by atoms with van der Waals surface area (Å²) in [6.45, 7) is 1.26. The molecule has 170 valence electrons. The number of rotatable bonds is 6. The Bertz CT molecular complexity index is 1170. The van der Waals surface area contributed by atoms with Gasteiger partial charge in [-0.25, -0.2) is 9.97 Å². The fraction of sp³-hybridized carbons (Fsp3) is 0.261. The number of benzene rings is 2. The zero-order valence-electron chi connectivity index (χ0n) is 17.9. The molecular formula is C23H22ClN5O4. The molecular weight excluding hydrogens is 446 g/mol. The Balaban J connectivity index is 1.46. The van der Waals surface area contributed by atoms with Gasteiger partial charge in [-0.1, -0.05) is 11.6 Å². The van der Waals surface area contributed by atoms with Crippen LogP contribution in [0.15, 0.2) is 54.9 Å². The van der Waals surface area contributed by atoms with Crippen LogP contribution < -0.4 is 15.0 Å². The summed E-state index contributed by atoms with van der Waals surface area (Å²) in [6, 6.07) is 13.8. The number of nitro groups is 1. The minimum atomic E-state index is -0.574. The van der Waals surface area contributed by atoms with Gasteiger partial charge in [0.2, 0.25) is 5.91 Å². The molecule has 1 aromatic heterocycles. The lowest BCUT2D eigenvalue weighted by Gasteiger charge is -2.33. The van der Waals surface area contributed by atoms with E-state index in [0.29, 0.717) is 18.7 Å². The van der Waals surface area contributed by atoms with Gasteiger partial charge in [0.15, 0.2) is 0 Å². The first-order valence-corrected chi connectivity index (χ1v) is 10.8. The van der Waals surface area contributed by atoms with Crippen molar-refractivity contribution in [1.82, 2.24) is 9.97 Å². The number of nitrogens with zero attached hydrogens (tertiary/aromatic N) is 4. The van der Waals surface area contributed by atoms with E-state index in [1.54, 1.807) is 13.2 Å². The number of hydrogen-bond acceptors (Lipinski definition) is 7. The minimum absolute atomic E-state index is 0.0262. The maximum atomic E-state index is 12.9. The fourth-order valence-corrected chi connectivity index (χ4v) is 4.00. The van der Waals surface area contributed by atoms with Crippen LogP contribution in [0.3, 0.4) is 0 Å². The van der Waals surface area contributed by atoms with Crippen LogP contribution in [-0.2, 0) is 4.79 Å². The minimum Gasteiger partial charge on any atom is -0.497 e. The Hall–Kier alpha value is -3.72. The number of halogens is 1. The van der Waals surface area contributed by atoms with Crippen molar-refractivity contribution in [3.8, 4) is 17.0 Å². The molecule has 9 nitrogen and oxygen atoms in total. The lowest BCUT2D eigenvalue weighted by Crippen LogP contribution is -2.41. The number of nitro benzene ring substituents is 1. The molecule has 1 saturated heterocycles. The van der Waals surface area contributed by atoms with E-state index >= 15 is 0 Å². The van der Waals surface area contributed by atoms with Crippen LogP contribution in [0.1, 0.15) is 12.8 Å². The summed E-state index contributed by atoms with van der Waals surface area (Å²) in [5.41, 5.74) is 1.82. The number of aromatic nitrogens is 2. The van der Waals surface area contributed by atoms with Gasteiger partial charge in [0.05, 0.1) is 23.6 Å². The van der Waals surface area contributed by atoms with E-state index in [2.05, 4.69) is 20.2 Å². The molecule has 1 aliphatic heterocycles. The number of carbonyl (C=O) groups is 1. The molecule has 4 rings (SSSR count). The number of amides is 1. The molecule has 0 bridgehead atoms. The zero-order valence-corrected chi connectivity index (χ0v) is 18.7. The third-order valence-corrected chi connectivity index (χ3v) is 5.88. The molecule has 1 aliphatic rings. The number of carbonyl (C=O) groups excluding carboxylic acids is 1. The predicted molar refractivity (Wildman–Crippen MR) is 126 cm³/mol. The molecule has 10 heteroatoms. The molecule has 2 heterocycles. The molecule has 1 fully saturated rings. The van der Waals surface area contributed by atoms with Crippen molar-refractivity contribution in [2.45, 2.75) is 12.8 Å². The number of methoxy groups -OCH3 is 1. The first kappa shape index (κ1) is 22.5. The van der Waals surface area contributed by atoms with Gasteiger partial charge in [-0.3, -0.25) is 14.9 Å². The van der Waals surface area contributed by atoms with E-state index in [-0.39, 0.29) is 22.5 Å². The molecule has 2 aromatic carbocycles. The van der Waals surface area contributed by atoms with Crippen molar-refractivity contribution in [3.05, 3.63) is 70.0 Å². The maximum Gasteiger partial charge on any atom is 0.289 e. The fourth-order valence-electron chi connectivity index (χ4n) is 3.81. The van der Waals surface area contributed by atoms with Gasteiger partial charge < -0.3 is 15.0 Å². The van der Waals surface area contributed by atoms with Crippen LogP contribution in [0.2, 0.25) is 5.02 Å². The number of anilines is 2. The van der Waals surface area contributed by atoms with E-state index in [1.807, 2.05) is 30.3 Å². The van der Waals surface area contributed by atoms with Crippen LogP contribution in [0, 0.1) is 16.0 Å². The summed E-state index contributed by atoms with van der Waals surface area (Å²) in [5.74, 6) is 1.04. The number of ether oxygens (including phenoxy) is 1. The van der Waals surface area contributed by atoms with E-state index < -0.39 is 4.92 Å². The molecule has 1 unspecified atom stereocenters. The molecule has 1 N–H and O–H groups in total. The summed E-state index contributed by atoms with van der Waals surface area (Å²) in [4.78, 5) is 34.3. The van der Waals surface area contributed by atoms with E-state index in [0.717, 1.165) is 35.8 Å². The van der Waals surface area contributed by atoms with Crippen LogP contribution in [0.25, 0.3) is 11.3 Å². The summed E-state index contributed by atoms with van der Waals surface area (Å²) in [5, 5.41) is 13.9. The second-order valence-corrected chi connectivity index (χ2v) is 8.09. The van der Waals surface area contributed by atoms with Gasteiger partial charge in [0, 0.05) is 36.5 Å². The molecule has 0 spiro atoms. The summed E-state index contributed by atoms with van der Waals surface area (Å²) in [7, 11) is 1.62. The van der Waals surface area contributed by atoms with Crippen molar-refractivity contribution in [2.24, 2.45) is 5.92 Å². The van der Waals surface area contributed by atoms with Crippen LogP contribution in [-0.4, -0.2) is 41.0 Å². The molecule has 0 aliphatic carbocycles. The van der Waals surface area contributed by atoms with Gasteiger partial charge >= 0.3 is 0 Å². The lowest BCUT2D eigenvalue weighted by molar-refractivity contribution is -0.384. The van der Waals surface area contributed by atoms with Crippen molar-refractivity contribution in [1.29, 1.82) is 0 Å². The largest absolute Gasteiger partial charge is 0.497 e. The lowest BCUT2D eigenvalue weighted by atomic mass is 9.97. The van der Waals surface area contributed by atoms with Crippen molar-refractivity contribution >= 4 is 34.7 Å². The third kappa shape index (κ3) is 5.20.